The summed E-state index contributed by atoms with van der Waals surface area (Å²) in [5, 5.41) is 8.73. The molecule has 1 aromatic carbocycles. The molecule has 0 saturated carbocycles. The van der Waals surface area contributed by atoms with E-state index in [0.29, 0.717) is 28.1 Å². The van der Waals surface area contributed by atoms with Crippen LogP contribution in [0.4, 0.5) is 0 Å². The highest BCUT2D eigenvalue weighted by Crippen LogP contribution is 2.31. The van der Waals surface area contributed by atoms with Crippen molar-refractivity contribution in [1.82, 2.24) is 19.9 Å². The number of furan rings is 1. The first-order chi connectivity index (χ1) is 15.5. The maximum absolute atomic E-state index is 13.1. The minimum absolute atomic E-state index is 0.130. The van der Waals surface area contributed by atoms with E-state index in [0.717, 1.165) is 22.6 Å². The molecule has 0 aliphatic carbocycles. The van der Waals surface area contributed by atoms with Crippen LogP contribution in [0.3, 0.4) is 0 Å². The van der Waals surface area contributed by atoms with Crippen LogP contribution < -0.4 is 0 Å². The van der Waals surface area contributed by atoms with Crippen LogP contribution in [0.15, 0.2) is 63.8 Å². The van der Waals surface area contributed by atoms with Gasteiger partial charge in [0, 0.05) is 18.0 Å². The summed E-state index contributed by atoms with van der Waals surface area (Å²) in [5.41, 5.74) is 4.37. The highest BCUT2D eigenvalue weighted by molar-refractivity contribution is 6.04. The van der Waals surface area contributed by atoms with Crippen LogP contribution in [0.25, 0.3) is 28.0 Å². The van der Waals surface area contributed by atoms with E-state index in [-0.39, 0.29) is 12.3 Å². The number of carbonyl (C=O) groups excluding carboxylic acids is 1. The average Bonchev–Trinajstić information content (AvgIpc) is 3.53. The van der Waals surface area contributed by atoms with Gasteiger partial charge in [-0.1, -0.05) is 17.3 Å². The van der Waals surface area contributed by atoms with Gasteiger partial charge in [0.15, 0.2) is 0 Å². The fourth-order valence-corrected chi connectivity index (χ4v) is 3.67. The van der Waals surface area contributed by atoms with Gasteiger partial charge >= 0.3 is 5.97 Å². The van der Waals surface area contributed by atoms with Crippen molar-refractivity contribution in [2.24, 2.45) is 0 Å². The van der Waals surface area contributed by atoms with Crippen LogP contribution in [-0.4, -0.2) is 25.9 Å². The molecule has 0 amide bonds. The molecule has 4 aromatic heterocycles. The Morgan fingerprint density at radius 1 is 1.12 bits per heavy atom. The van der Waals surface area contributed by atoms with E-state index in [1.54, 1.807) is 23.9 Å². The number of hydrogen-bond acceptors (Lipinski definition) is 7. The second-order valence-electron chi connectivity index (χ2n) is 7.52. The third-order valence-corrected chi connectivity index (χ3v) is 5.23. The zero-order valence-corrected chi connectivity index (χ0v) is 17.8. The van der Waals surface area contributed by atoms with E-state index in [1.165, 1.54) is 0 Å². The molecule has 8 nitrogen and oxygen atoms in total. The smallest absolute Gasteiger partial charge is 0.339 e. The van der Waals surface area contributed by atoms with E-state index < -0.39 is 5.97 Å². The van der Waals surface area contributed by atoms with Gasteiger partial charge in [-0.15, -0.1) is 0 Å². The predicted molar refractivity (Wildman–Crippen MR) is 116 cm³/mol. The molecule has 0 radical (unpaired) electrons. The second kappa shape index (κ2) is 7.81. The minimum Gasteiger partial charge on any atom is -0.466 e. The van der Waals surface area contributed by atoms with Crippen molar-refractivity contribution in [2.45, 2.75) is 27.4 Å². The Labute approximate surface area is 183 Å². The molecule has 0 atom stereocenters. The molecular formula is C24H20N4O4. The summed E-state index contributed by atoms with van der Waals surface area (Å²) < 4.78 is 18.4. The number of benzene rings is 1. The molecular weight excluding hydrogens is 408 g/mol. The number of nitrogens with zero attached hydrogens (tertiary/aromatic N) is 4. The van der Waals surface area contributed by atoms with Crippen LogP contribution in [0.5, 0.6) is 0 Å². The third-order valence-electron chi connectivity index (χ3n) is 5.23. The number of ether oxygens (including phenoxy) is 1. The van der Waals surface area contributed by atoms with Gasteiger partial charge in [0.1, 0.15) is 18.1 Å². The summed E-state index contributed by atoms with van der Waals surface area (Å²) in [6, 6.07) is 13.1. The number of carbonyl (C=O) groups is 1. The average molecular weight is 428 g/mol. The van der Waals surface area contributed by atoms with Gasteiger partial charge in [0.25, 0.3) is 5.71 Å². The number of hydrogen-bond donors (Lipinski definition) is 0. The van der Waals surface area contributed by atoms with E-state index >= 15 is 0 Å². The zero-order valence-electron chi connectivity index (χ0n) is 17.8. The molecule has 0 bridgehead atoms. The molecule has 32 heavy (non-hydrogen) atoms. The standard InChI is InChI=1S/C24H20N4O4/c1-14-11-19(16(3)31-14)21-12-20(22-15(2)27-32-23(22)26-21)24(29)30-13-17-5-7-18(8-6-17)28-10-4-9-25-28/h4-12H,13H2,1-3H3. The highest BCUT2D eigenvalue weighted by atomic mass is 16.5. The first-order valence-corrected chi connectivity index (χ1v) is 10.1. The molecule has 0 fully saturated rings. The van der Waals surface area contributed by atoms with E-state index in [4.69, 9.17) is 13.7 Å². The van der Waals surface area contributed by atoms with E-state index in [9.17, 15) is 4.79 Å². The molecule has 0 N–H and O–H groups in total. The van der Waals surface area contributed by atoms with Crippen molar-refractivity contribution < 1.29 is 18.5 Å². The van der Waals surface area contributed by atoms with Gasteiger partial charge in [0.2, 0.25) is 0 Å². The maximum atomic E-state index is 13.1. The summed E-state index contributed by atoms with van der Waals surface area (Å²) in [6.45, 7) is 5.61. The Kier molecular flexibility index (Phi) is 4.82. The zero-order chi connectivity index (χ0) is 22.2. The molecule has 0 spiro atoms. The molecule has 8 heteroatoms. The largest absolute Gasteiger partial charge is 0.466 e. The Hall–Kier alpha value is -4.20. The second-order valence-corrected chi connectivity index (χ2v) is 7.52. The molecule has 0 saturated heterocycles. The quantitative estimate of drug-likeness (QED) is 0.365. The maximum Gasteiger partial charge on any atom is 0.339 e. The number of aryl methyl sites for hydroxylation is 3. The molecule has 5 rings (SSSR count). The number of aromatic nitrogens is 4. The van der Waals surface area contributed by atoms with Crippen molar-refractivity contribution in [3.05, 3.63) is 83.2 Å². The lowest BCUT2D eigenvalue weighted by molar-refractivity contribution is 0.0475. The lowest BCUT2D eigenvalue weighted by Crippen LogP contribution is -2.07. The SMILES string of the molecule is Cc1cc(-c2cc(C(=O)OCc3ccc(-n4cccn4)cc3)c3c(C)noc3n2)c(C)o1. The first kappa shape index (κ1) is 19.7. The summed E-state index contributed by atoms with van der Waals surface area (Å²) in [5.74, 6) is 0.997. The summed E-state index contributed by atoms with van der Waals surface area (Å²) >= 11 is 0. The summed E-state index contributed by atoms with van der Waals surface area (Å²) in [4.78, 5) is 17.6. The lowest BCUT2D eigenvalue weighted by Gasteiger charge is -2.08. The van der Waals surface area contributed by atoms with Crippen LogP contribution in [0.1, 0.15) is 33.1 Å². The molecule has 0 aliphatic rings. The molecule has 4 heterocycles. The van der Waals surface area contributed by atoms with Gasteiger partial charge < -0.3 is 13.7 Å². The van der Waals surface area contributed by atoms with Crippen molar-refractivity contribution >= 4 is 17.1 Å². The van der Waals surface area contributed by atoms with Gasteiger partial charge in [-0.25, -0.2) is 14.5 Å². The molecule has 0 aliphatic heterocycles. The third kappa shape index (κ3) is 3.56. The lowest BCUT2D eigenvalue weighted by atomic mass is 10.1. The topological polar surface area (TPSA) is 96.2 Å². The van der Waals surface area contributed by atoms with Crippen LogP contribution in [0.2, 0.25) is 0 Å². The van der Waals surface area contributed by atoms with Crippen LogP contribution >= 0.6 is 0 Å². The Balaban J connectivity index is 1.42. The summed E-state index contributed by atoms with van der Waals surface area (Å²) in [6.07, 6.45) is 3.59. The fraction of sp³-hybridized carbons (Fsp3) is 0.167. The van der Waals surface area contributed by atoms with E-state index in [1.807, 2.05) is 56.4 Å². The number of rotatable bonds is 5. The van der Waals surface area contributed by atoms with Crippen molar-refractivity contribution in [3.63, 3.8) is 0 Å². The molecule has 0 unspecified atom stereocenters. The minimum atomic E-state index is -0.473. The summed E-state index contributed by atoms with van der Waals surface area (Å²) in [7, 11) is 0. The monoisotopic (exact) mass is 428 g/mol. The van der Waals surface area contributed by atoms with E-state index in [2.05, 4.69) is 15.2 Å². The van der Waals surface area contributed by atoms with Crippen LogP contribution in [0, 0.1) is 20.8 Å². The van der Waals surface area contributed by atoms with Crippen LogP contribution in [-0.2, 0) is 11.3 Å². The Morgan fingerprint density at radius 3 is 2.62 bits per heavy atom. The predicted octanol–water partition coefficient (Wildman–Crippen LogP) is 4.95. The van der Waals surface area contributed by atoms with Crippen molar-refractivity contribution in [1.29, 1.82) is 0 Å². The Morgan fingerprint density at radius 2 is 1.94 bits per heavy atom. The van der Waals surface area contributed by atoms with Crippen molar-refractivity contribution in [3.8, 4) is 16.9 Å². The number of pyridine rings is 1. The van der Waals surface area contributed by atoms with Gasteiger partial charge in [-0.05, 0) is 56.7 Å². The first-order valence-electron chi connectivity index (χ1n) is 10.1. The number of fused-ring (bicyclic) bond motifs is 1. The Bertz CT molecular complexity index is 1410. The molecule has 5 aromatic rings. The number of esters is 1. The molecule has 160 valence electrons. The highest BCUT2D eigenvalue weighted by Gasteiger charge is 2.22. The van der Waals surface area contributed by atoms with Gasteiger partial charge in [0.05, 0.1) is 28.0 Å². The normalized spacial score (nSPS) is 11.2. The van der Waals surface area contributed by atoms with Gasteiger partial charge in [-0.2, -0.15) is 5.10 Å². The van der Waals surface area contributed by atoms with Crippen molar-refractivity contribution in [2.75, 3.05) is 0 Å². The fourth-order valence-electron chi connectivity index (χ4n) is 3.67. The van der Waals surface area contributed by atoms with Gasteiger partial charge in [-0.3, -0.25) is 0 Å².